The van der Waals surface area contributed by atoms with Gasteiger partial charge in [-0.05, 0) is 42.5 Å². The van der Waals surface area contributed by atoms with Crippen molar-refractivity contribution in [3.05, 3.63) is 69.4 Å². The zero-order chi connectivity index (χ0) is 20.8. The molecule has 3 rings (SSSR count). The highest BCUT2D eigenvalue weighted by Gasteiger charge is 2.08. The molecule has 150 valence electrons. The summed E-state index contributed by atoms with van der Waals surface area (Å²) >= 11 is 18.0. The number of furan rings is 1. The van der Waals surface area contributed by atoms with Crippen LogP contribution in [0.25, 0.3) is 11.3 Å². The third-order valence-electron chi connectivity index (χ3n) is 3.70. The summed E-state index contributed by atoms with van der Waals surface area (Å²) in [5.74, 6) is 1.47. The van der Waals surface area contributed by atoms with E-state index in [1.165, 1.54) is 12.3 Å². The highest BCUT2D eigenvalue weighted by Crippen LogP contribution is 2.31. The van der Waals surface area contributed by atoms with Crippen molar-refractivity contribution >= 4 is 46.9 Å². The summed E-state index contributed by atoms with van der Waals surface area (Å²) in [6, 6.07) is 13.5. The van der Waals surface area contributed by atoms with E-state index in [1.807, 2.05) is 6.07 Å². The van der Waals surface area contributed by atoms with E-state index in [0.717, 1.165) is 5.56 Å². The van der Waals surface area contributed by atoms with E-state index >= 15 is 0 Å². The Bertz CT molecular complexity index is 1050. The lowest BCUT2D eigenvalue weighted by molar-refractivity contribution is -0.123. The van der Waals surface area contributed by atoms with Gasteiger partial charge < -0.3 is 13.9 Å². The van der Waals surface area contributed by atoms with Gasteiger partial charge in [0.1, 0.15) is 23.0 Å². The van der Waals surface area contributed by atoms with Gasteiger partial charge in [-0.15, -0.1) is 0 Å². The summed E-state index contributed by atoms with van der Waals surface area (Å²) in [4.78, 5) is 11.8. The first-order chi connectivity index (χ1) is 14.0. The number of amides is 1. The Morgan fingerprint density at radius 3 is 2.66 bits per heavy atom. The van der Waals surface area contributed by atoms with E-state index in [2.05, 4.69) is 10.5 Å². The number of halogens is 3. The smallest absolute Gasteiger partial charge is 0.277 e. The number of benzene rings is 2. The summed E-state index contributed by atoms with van der Waals surface area (Å²) in [6.07, 6.45) is 1.37. The molecule has 0 atom stereocenters. The molecule has 0 aliphatic heterocycles. The van der Waals surface area contributed by atoms with Gasteiger partial charge in [0.05, 0.1) is 23.4 Å². The maximum Gasteiger partial charge on any atom is 0.277 e. The van der Waals surface area contributed by atoms with Gasteiger partial charge in [0.15, 0.2) is 6.61 Å². The van der Waals surface area contributed by atoms with E-state index < -0.39 is 5.91 Å². The number of hydrogen-bond donors (Lipinski definition) is 1. The van der Waals surface area contributed by atoms with Crippen LogP contribution in [0.2, 0.25) is 15.1 Å². The number of hydrogen-bond acceptors (Lipinski definition) is 5. The van der Waals surface area contributed by atoms with E-state index in [9.17, 15) is 4.79 Å². The Hall–Kier alpha value is -2.67. The summed E-state index contributed by atoms with van der Waals surface area (Å²) < 4.78 is 16.1. The summed E-state index contributed by atoms with van der Waals surface area (Å²) in [5.41, 5.74) is 3.12. The monoisotopic (exact) mass is 452 g/mol. The lowest BCUT2D eigenvalue weighted by atomic mass is 10.2. The first-order valence-corrected chi connectivity index (χ1v) is 9.43. The van der Waals surface area contributed by atoms with Crippen molar-refractivity contribution < 1.29 is 18.7 Å². The quantitative estimate of drug-likeness (QED) is 0.382. The molecule has 3 aromatic rings. The maximum atomic E-state index is 11.8. The molecule has 1 amide bonds. The van der Waals surface area contributed by atoms with E-state index in [1.54, 1.807) is 43.5 Å². The molecule has 0 saturated carbocycles. The molecule has 6 nitrogen and oxygen atoms in total. The number of nitrogens with zero attached hydrogens (tertiary/aromatic N) is 1. The molecular formula is C20H15Cl3N2O4. The van der Waals surface area contributed by atoms with Crippen molar-refractivity contribution in [3.63, 3.8) is 0 Å². The topological polar surface area (TPSA) is 73.1 Å². The molecule has 0 radical (unpaired) electrons. The maximum absolute atomic E-state index is 11.8. The molecular weight excluding hydrogens is 439 g/mol. The average Bonchev–Trinajstić information content (AvgIpc) is 3.17. The number of carbonyl (C=O) groups is 1. The molecule has 1 aromatic heterocycles. The van der Waals surface area contributed by atoms with Crippen molar-refractivity contribution in [2.75, 3.05) is 13.7 Å². The van der Waals surface area contributed by atoms with Gasteiger partial charge in [0.25, 0.3) is 5.91 Å². The second-order valence-corrected chi connectivity index (χ2v) is 6.96. The van der Waals surface area contributed by atoms with Crippen LogP contribution in [0.15, 0.2) is 58.0 Å². The Morgan fingerprint density at radius 1 is 1.07 bits per heavy atom. The van der Waals surface area contributed by atoms with Crippen LogP contribution < -0.4 is 14.9 Å². The molecule has 29 heavy (non-hydrogen) atoms. The van der Waals surface area contributed by atoms with Gasteiger partial charge >= 0.3 is 0 Å². The molecule has 0 spiro atoms. The second-order valence-electron chi connectivity index (χ2n) is 5.71. The highest BCUT2D eigenvalue weighted by molar-refractivity contribution is 6.34. The molecule has 0 unspecified atom stereocenters. The summed E-state index contributed by atoms with van der Waals surface area (Å²) in [6.45, 7) is -0.273. The molecule has 0 fully saturated rings. The van der Waals surface area contributed by atoms with Crippen molar-refractivity contribution in [1.82, 2.24) is 5.43 Å². The second kappa shape index (κ2) is 9.69. The molecule has 0 aliphatic carbocycles. The molecule has 0 saturated heterocycles. The normalized spacial score (nSPS) is 10.9. The first-order valence-electron chi connectivity index (χ1n) is 8.30. The van der Waals surface area contributed by atoms with E-state index in [-0.39, 0.29) is 6.61 Å². The van der Waals surface area contributed by atoms with Gasteiger partial charge in [-0.3, -0.25) is 4.79 Å². The Kier molecular flexibility index (Phi) is 7.04. The largest absolute Gasteiger partial charge is 0.495 e. The van der Waals surface area contributed by atoms with Crippen LogP contribution in [0.1, 0.15) is 5.76 Å². The van der Waals surface area contributed by atoms with E-state index in [0.29, 0.717) is 38.1 Å². The number of carbonyl (C=O) groups excluding carboxylic acids is 1. The van der Waals surface area contributed by atoms with Gasteiger partial charge in [-0.2, -0.15) is 5.10 Å². The van der Waals surface area contributed by atoms with Crippen LogP contribution in [0.4, 0.5) is 0 Å². The van der Waals surface area contributed by atoms with Crippen molar-refractivity contribution in [3.8, 4) is 22.8 Å². The van der Waals surface area contributed by atoms with Crippen LogP contribution in [0.3, 0.4) is 0 Å². The Balaban J connectivity index is 1.55. The number of hydrazone groups is 1. The van der Waals surface area contributed by atoms with Crippen LogP contribution in [-0.4, -0.2) is 25.8 Å². The van der Waals surface area contributed by atoms with Gasteiger partial charge in [0, 0.05) is 16.7 Å². The van der Waals surface area contributed by atoms with Crippen LogP contribution in [-0.2, 0) is 4.79 Å². The lowest BCUT2D eigenvalue weighted by Crippen LogP contribution is -2.24. The molecule has 0 bridgehead atoms. The Labute approximate surface area is 182 Å². The highest BCUT2D eigenvalue weighted by atomic mass is 35.5. The minimum absolute atomic E-state index is 0.273. The Morgan fingerprint density at radius 2 is 1.90 bits per heavy atom. The molecule has 0 aliphatic rings. The fourth-order valence-corrected chi connectivity index (χ4v) is 2.92. The zero-order valence-corrected chi connectivity index (χ0v) is 17.4. The fourth-order valence-electron chi connectivity index (χ4n) is 2.33. The molecule has 2 aromatic carbocycles. The van der Waals surface area contributed by atoms with E-state index in [4.69, 9.17) is 48.7 Å². The predicted molar refractivity (Wildman–Crippen MR) is 113 cm³/mol. The van der Waals surface area contributed by atoms with Gasteiger partial charge in [-0.1, -0.05) is 34.8 Å². The number of rotatable bonds is 7. The lowest BCUT2D eigenvalue weighted by Gasteiger charge is -2.07. The first kappa shape index (κ1) is 21.0. The average molecular weight is 454 g/mol. The van der Waals surface area contributed by atoms with Crippen molar-refractivity contribution in [1.29, 1.82) is 0 Å². The molecule has 1 heterocycles. The van der Waals surface area contributed by atoms with Crippen LogP contribution in [0, 0.1) is 0 Å². The number of ether oxygens (including phenoxy) is 2. The van der Waals surface area contributed by atoms with Crippen LogP contribution >= 0.6 is 34.8 Å². The number of methoxy groups -OCH3 is 1. The summed E-state index contributed by atoms with van der Waals surface area (Å²) in [7, 11) is 1.55. The minimum Gasteiger partial charge on any atom is -0.495 e. The van der Waals surface area contributed by atoms with Gasteiger partial charge in [0.2, 0.25) is 0 Å². The van der Waals surface area contributed by atoms with Crippen molar-refractivity contribution in [2.45, 2.75) is 0 Å². The number of nitrogens with one attached hydrogen (secondary N) is 1. The predicted octanol–water partition coefficient (Wildman–Crippen LogP) is 5.44. The molecule has 1 N–H and O–H groups in total. The zero-order valence-electron chi connectivity index (χ0n) is 15.1. The van der Waals surface area contributed by atoms with Gasteiger partial charge in [-0.25, -0.2) is 5.43 Å². The third-order valence-corrected chi connectivity index (χ3v) is 4.54. The van der Waals surface area contributed by atoms with Crippen molar-refractivity contribution in [2.24, 2.45) is 5.10 Å². The standard InChI is InChI=1S/C20H15Cl3N2O4/c1-27-18-6-2-12(8-16(18)23)17-7-4-14(29-17)10-24-25-20(26)11-28-19-9-13(21)3-5-15(19)22/h2-10H,11H2,1H3,(H,25,26)/b24-10-. The fraction of sp³-hybridized carbons (Fsp3) is 0.100. The van der Waals surface area contributed by atoms with Crippen LogP contribution in [0.5, 0.6) is 11.5 Å². The summed E-state index contributed by atoms with van der Waals surface area (Å²) in [5, 5.41) is 5.13. The SMILES string of the molecule is COc1ccc(-c2ccc(/C=N\NC(=O)COc3cc(Cl)ccc3Cl)o2)cc1Cl. The third kappa shape index (κ3) is 5.67. The minimum atomic E-state index is -0.467. The molecule has 9 heteroatoms.